The number of aliphatic hydroxyl groups is 1. The standard InChI is InChI=1S/C33H31N3O7/c1-21-26(12-7-13-28(21)25-10-4-3-5-11-25)20-43-31-16-30(42-19-24-9-6-8-23(14-24)17-34)27(15-29(31)36(40)41)18-35-32(22(2)37)33(38)39/h3-16,22,32,35,37H,18-20H2,1-2H3,(H,38,39). The lowest BCUT2D eigenvalue weighted by molar-refractivity contribution is -0.386. The van der Waals surface area contributed by atoms with Crippen molar-refractivity contribution in [2.45, 2.75) is 45.8 Å². The number of nitriles is 1. The van der Waals surface area contributed by atoms with Crippen molar-refractivity contribution in [3.8, 4) is 28.7 Å². The number of aliphatic carboxylic acids is 1. The van der Waals surface area contributed by atoms with Gasteiger partial charge in [0.2, 0.25) is 5.75 Å². The number of nitrogens with zero attached hydrogens (tertiary/aromatic N) is 2. The molecule has 4 aromatic carbocycles. The van der Waals surface area contributed by atoms with Crippen LogP contribution in [0.3, 0.4) is 0 Å². The molecule has 0 aliphatic carbocycles. The van der Waals surface area contributed by atoms with Gasteiger partial charge in [0.05, 0.1) is 22.7 Å². The van der Waals surface area contributed by atoms with Crippen LogP contribution in [0.4, 0.5) is 5.69 Å². The van der Waals surface area contributed by atoms with Crippen molar-refractivity contribution in [3.05, 3.63) is 123 Å². The van der Waals surface area contributed by atoms with E-state index >= 15 is 0 Å². The van der Waals surface area contributed by atoms with Gasteiger partial charge in [-0.05, 0) is 53.8 Å². The van der Waals surface area contributed by atoms with Crippen LogP contribution in [0.25, 0.3) is 11.1 Å². The van der Waals surface area contributed by atoms with Gasteiger partial charge in [-0.2, -0.15) is 5.26 Å². The Labute approximate surface area is 248 Å². The quantitative estimate of drug-likeness (QED) is 0.137. The van der Waals surface area contributed by atoms with E-state index in [0.717, 1.165) is 22.3 Å². The van der Waals surface area contributed by atoms with Crippen LogP contribution in [0.15, 0.2) is 84.9 Å². The lowest BCUT2D eigenvalue weighted by Gasteiger charge is -2.19. The van der Waals surface area contributed by atoms with Crippen LogP contribution >= 0.6 is 0 Å². The van der Waals surface area contributed by atoms with Crippen molar-refractivity contribution in [3.63, 3.8) is 0 Å². The summed E-state index contributed by atoms with van der Waals surface area (Å²) >= 11 is 0. The molecule has 0 aromatic heterocycles. The van der Waals surface area contributed by atoms with E-state index in [0.29, 0.717) is 16.7 Å². The van der Waals surface area contributed by atoms with E-state index in [1.807, 2.05) is 55.5 Å². The van der Waals surface area contributed by atoms with E-state index in [4.69, 9.17) is 9.47 Å². The zero-order valence-electron chi connectivity index (χ0n) is 23.7. The van der Waals surface area contributed by atoms with E-state index in [1.54, 1.807) is 24.3 Å². The molecule has 0 aliphatic rings. The molecule has 4 rings (SSSR count). The second-order valence-corrected chi connectivity index (χ2v) is 9.97. The highest BCUT2D eigenvalue weighted by Crippen LogP contribution is 2.36. The summed E-state index contributed by atoms with van der Waals surface area (Å²) in [5.74, 6) is -1.07. The third kappa shape index (κ3) is 7.74. The lowest BCUT2D eigenvalue weighted by atomic mass is 9.97. The second-order valence-electron chi connectivity index (χ2n) is 9.97. The Morgan fingerprint density at radius 1 is 0.977 bits per heavy atom. The first-order chi connectivity index (χ1) is 20.7. The Bertz CT molecular complexity index is 1650. The predicted molar refractivity (Wildman–Crippen MR) is 159 cm³/mol. The molecule has 0 radical (unpaired) electrons. The summed E-state index contributed by atoms with van der Waals surface area (Å²) in [6.07, 6.45) is -1.22. The van der Waals surface area contributed by atoms with Gasteiger partial charge < -0.3 is 19.7 Å². The van der Waals surface area contributed by atoms with Crippen molar-refractivity contribution in [2.75, 3.05) is 0 Å². The summed E-state index contributed by atoms with van der Waals surface area (Å²) in [5, 5.41) is 43.4. The number of carboxylic acid groups (broad SMARTS) is 1. The van der Waals surface area contributed by atoms with Crippen LogP contribution in [0.1, 0.15) is 34.7 Å². The van der Waals surface area contributed by atoms with Gasteiger partial charge in [0.25, 0.3) is 0 Å². The zero-order chi connectivity index (χ0) is 30.9. The topological polar surface area (TPSA) is 155 Å². The monoisotopic (exact) mass is 581 g/mol. The maximum Gasteiger partial charge on any atom is 0.323 e. The summed E-state index contributed by atoms with van der Waals surface area (Å²) in [7, 11) is 0. The Morgan fingerprint density at radius 3 is 2.37 bits per heavy atom. The molecule has 220 valence electrons. The highest BCUT2D eigenvalue weighted by molar-refractivity contribution is 5.74. The summed E-state index contributed by atoms with van der Waals surface area (Å²) < 4.78 is 12.1. The van der Waals surface area contributed by atoms with Crippen molar-refractivity contribution < 1.29 is 29.4 Å². The average molecular weight is 582 g/mol. The van der Waals surface area contributed by atoms with Crippen LogP contribution in [0, 0.1) is 28.4 Å². The van der Waals surface area contributed by atoms with Crippen molar-refractivity contribution in [1.82, 2.24) is 5.32 Å². The molecule has 0 heterocycles. The Kier molecular flexibility index (Phi) is 10.1. The number of hydrogen-bond donors (Lipinski definition) is 3. The van der Waals surface area contributed by atoms with E-state index in [2.05, 4.69) is 11.4 Å². The molecule has 0 saturated heterocycles. The number of nitro benzene ring substituents is 1. The fraction of sp³-hybridized carbons (Fsp3) is 0.212. The minimum atomic E-state index is -1.31. The molecule has 0 aliphatic heterocycles. The van der Waals surface area contributed by atoms with Gasteiger partial charge in [-0.3, -0.25) is 20.2 Å². The van der Waals surface area contributed by atoms with Crippen LogP contribution < -0.4 is 14.8 Å². The molecule has 4 aromatic rings. The van der Waals surface area contributed by atoms with Gasteiger partial charge in [0.1, 0.15) is 25.0 Å². The number of rotatable bonds is 13. The fourth-order valence-electron chi connectivity index (χ4n) is 4.63. The summed E-state index contributed by atoms with van der Waals surface area (Å²) in [6, 6.07) is 25.9. The first kappa shape index (κ1) is 30.7. The Morgan fingerprint density at radius 2 is 1.70 bits per heavy atom. The van der Waals surface area contributed by atoms with Crippen LogP contribution in [-0.4, -0.2) is 33.3 Å². The number of nitro groups is 1. The largest absolute Gasteiger partial charge is 0.488 e. The average Bonchev–Trinajstić information content (AvgIpc) is 3.00. The molecule has 3 N–H and O–H groups in total. The number of benzene rings is 4. The lowest BCUT2D eigenvalue weighted by Crippen LogP contribution is -2.44. The summed E-state index contributed by atoms with van der Waals surface area (Å²) in [5.41, 5.74) is 5.00. The molecule has 0 spiro atoms. The molecular weight excluding hydrogens is 550 g/mol. The third-order valence-electron chi connectivity index (χ3n) is 6.96. The molecule has 0 bridgehead atoms. The number of nitrogens with one attached hydrogen (secondary N) is 1. The molecule has 2 unspecified atom stereocenters. The van der Waals surface area contributed by atoms with Crippen molar-refractivity contribution in [1.29, 1.82) is 5.26 Å². The zero-order valence-corrected chi connectivity index (χ0v) is 23.7. The van der Waals surface area contributed by atoms with Gasteiger partial charge >= 0.3 is 11.7 Å². The highest BCUT2D eigenvalue weighted by atomic mass is 16.6. The third-order valence-corrected chi connectivity index (χ3v) is 6.96. The van der Waals surface area contributed by atoms with E-state index in [1.165, 1.54) is 19.1 Å². The molecule has 2 atom stereocenters. The molecule has 0 saturated carbocycles. The summed E-state index contributed by atoms with van der Waals surface area (Å²) in [4.78, 5) is 23.1. The predicted octanol–water partition coefficient (Wildman–Crippen LogP) is 5.52. The minimum Gasteiger partial charge on any atom is -0.488 e. The number of hydrogen-bond acceptors (Lipinski definition) is 8. The second kappa shape index (κ2) is 14.1. The maximum atomic E-state index is 12.1. The van der Waals surface area contributed by atoms with Crippen LogP contribution in [0.5, 0.6) is 11.5 Å². The van der Waals surface area contributed by atoms with Gasteiger partial charge in [0.15, 0.2) is 0 Å². The fourth-order valence-corrected chi connectivity index (χ4v) is 4.63. The first-order valence-electron chi connectivity index (χ1n) is 13.5. The Hall–Kier alpha value is -5.24. The van der Waals surface area contributed by atoms with Gasteiger partial charge in [-0.1, -0.05) is 60.7 Å². The van der Waals surface area contributed by atoms with Gasteiger partial charge in [-0.25, -0.2) is 0 Å². The Balaban J connectivity index is 1.66. The highest BCUT2D eigenvalue weighted by Gasteiger charge is 2.25. The van der Waals surface area contributed by atoms with Crippen LogP contribution in [0.2, 0.25) is 0 Å². The first-order valence-corrected chi connectivity index (χ1v) is 13.5. The SMILES string of the molecule is Cc1c(COc2cc(OCc3cccc(C#N)c3)c(CNC(C(=O)O)C(C)O)cc2[N+](=O)[O-])cccc1-c1ccccc1. The number of carboxylic acids is 1. The summed E-state index contributed by atoms with van der Waals surface area (Å²) in [6.45, 7) is 3.25. The molecule has 10 nitrogen and oxygen atoms in total. The number of ether oxygens (including phenoxy) is 2. The number of carbonyl (C=O) groups is 1. The maximum absolute atomic E-state index is 12.1. The van der Waals surface area contributed by atoms with Crippen molar-refractivity contribution >= 4 is 11.7 Å². The molecule has 0 fully saturated rings. The molecular formula is C33H31N3O7. The normalized spacial score (nSPS) is 12.1. The van der Waals surface area contributed by atoms with E-state index < -0.39 is 23.0 Å². The van der Waals surface area contributed by atoms with Gasteiger partial charge in [-0.15, -0.1) is 0 Å². The molecule has 43 heavy (non-hydrogen) atoms. The van der Waals surface area contributed by atoms with E-state index in [-0.39, 0.29) is 36.9 Å². The smallest absolute Gasteiger partial charge is 0.323 e. The van der Waals surface area contributed by atoms with Crippen LogP contribution in [-0.2, 0) is 24.6 Å². The molecule has 0 amide bonds. The van der Waals surface area contributed by atoms with E-state index in [9.17, 15) is 30.4 Å². The number of aliphatic hydroxyl groups excluding tert-OH is 1. The van der Waals surface area contributed by atoms with Gasteiger partial charge in [0, 0.05) is 24.2 Å². The minimum absolute atomic E-state index is 0.0237. The van der Waals surface area contributed by atoms with Crippen molar-refractivity contribution in [2.24, 2.45) is 0 Å². The molecule has 10 heteroatoms.